The molecule has 76 valence electrons. The van der Waals surface area contributed by atoms with E-state index in [1.165, 1.54) is 0 Å². The summed E-state index contributed by atoms with van der Waals surface area (Å²) in [6.07, 6.45) is 2.31. The molecule has 0 saturated carbocycles. The summed E-state index contributed by atoms with van der Waals surface area (Å²) < 4.78 is 0. The number of nitrogens with zero attached hydrogens (tertiary/aromatic N) is 1. The van der Waals surface area contributed by atoms with Gasteiger partial charge in [-0.15, -0.1) is 0 Å². The zero-order chi connectivity index (χ0) is 9.84. The quantitative estimate of drug-likeness (QED) is 0.629. The lowest BCUT2D eigenvalue weighted by molar-refractivity contribution is 0.167. The molecular formula is C9H21BN2O. The van der Waals surface area contributed by atoms with Crippen LogP contribution < -0.4 is 5.23 Å². The van der Waals surface area contributed by atoms with Crippen molar-refractivity contribution in [2.45, 2.75) is 45.6 Å². The third kappa shape index (κ3) is 3.67. The van der Waals surface area contributed by atoms with Crippen molar-refractivity contribution in [2.75, 3.05) is 13.1 Å². The molecule has 1 heterocycles. The maximum Gasteiger partial charge on any atom is 0.373 e. The topological polar surface area (TPSA) is 35.5 Å². The van der Waals surface area contributed by atoms with E-state index in [4.69, 9.17) is 5.02 Å². The molecule has 1 aliphatic rings. The first-order valence-electron chi connectivity index (χ1n) is 5.27. The van der Waals surface area contributed by atoms with Gasteiger partial charge in [0.2, 0.25) is 0 Å². The molecule has 0 aromatic heterocycles. The first kappa shape index (κ1) is 11.0. The molecule has 0 spiro atoms. The van der Waals surface area contributed by atoms with Crippen molar-refractivity contribution in [2.24, 2.45) is 0 Å². The number of piperidine rings is 1. The van der Waals surface area contributed by atoms with Crippen molar-refractivity contribution in [3.63, 3.8) is 0 Å². The zero-order valence-electron chi connectivity index (χ0n) is 8.95. The van der Waals surface area contributed by atoms with E-state index in [9.17, 15) is 0 Å². The van der Waals surface area contributed by atoms with Crippen molar-refractivity contribution in [3.8, 4) is 0 Å². The highest BCUT2D eigenvalue weighted by Gasteiger charge is 2.21. The molecule has 1 fully saturated rings. The van der Waals surface area contributed by atoms with Gasteiger partial charge >= 0.3 is 7.05 Å². The predicted molar refractivity (Wildman–Crippen MR) is 56.7 cm³/mol. The van der Waals surface area contributed by atoms with Gasteiger partial charge in [-0.3, -0.25) is 0 Å². The lowest BCUT2D eigenvalue weighted by atomic mass is 9.85. The Morgan fingerprint density at radius 1 is 1.38 bits per heavy atom. The molecule has 0 atom stereocenters. The van der Waals surface area contributed by atoms with Gasteiger partial charge in [0.15, 0.2) is 0 Å². The summed E-state index contributed by atoms with van der Waals surface area (Å²) in [4.78, 5) is 2.49. The normalized spacial score (nSPS) is 21.0. The molecule has 3 nitrogen and oxygen atoms in total. The van der Waals surface area contributed by atoms with Crippen molar-refractivity contribution in [1.29, 1.82) is 0 Å². The van der Waals surface area contributed by atoms with Gasteiger partial charge in [-0.2, -0.15) is 0 Å². The van der Waals surface area contributed by atoms with Gasteiger partial charge in [-0.05, 0) is 46.6 Å². The maximum atomic E-state index is 9.15. The molecule has 1 saturated heterocycles. The maximum absolute atomic E-state index is 9.15. The van der Waals surface area contributed by atoms with Crippen molar-refractivity contribution >= 4 is 7.05 Å². The molecule has 0 radical (unpaired) electrons. The zero-order valence-corrected chi connectivity index (χ0v) is 8.95. The molecule has 13 heavy (non-hydrogen) atoms. The molecule has 0 aliphatic carbocycles. The first-order chi connectivity index (χ1) is 6.09. The largest absolute Gasteiger partial charge is 0.437 e. The summed E-state index contributed by atoms with van der Waals surface area (Å²) >= 11 is 0. The van der Waals surface area contributed by atoms with Crippen molar-refractivity contribution in [1.82, 2.24) is 10.1 Å². The van der Waals surface area contributed by atoms with Crippen molar-refractivity contribution < 1.29 is 5.02 Å². The van der Waals surface area contributed by atoms with E-state index in [2.05, 4.69) is 24.0 Å². The Labute approximate surface area is 81.6 Å². The van der Waals surface area contributed by atoms with Gasteiger partial charge < -0.3 is 15.2 Å². The second kappa shape index (κ2) is 4.98. The van der Waals surface area contributed by atoms with E-state index in [0.717, 1.165) is 25.9 Å². The van der Waals surface area contributed by atoms with Crippen LogP contribution in [0.2, 0.25) is 6.82 Å². The van der Waals surface area contributed by atoms with E-state index < -0.39 is 0 Å². The fraction of sp³-hybridized carbons (Fsp3) is 1.00. The van der Waals surface area contributed by atoms with E-state index in [1.54, 1.807) is 6.82 Å². The minimum atomic E-state index is -0.365. The van der Waals surface area contributed by atoms with Crippen LogP contribution >= 0.6 is 0 Å². The molecule has 4 heteroatoms. The number of nitrogens with one attached hydrogen (secondary N) is 1. The highest BCUT2D eigenvalue weighted by molar-refractivity contribution is 6.45. The lowest BCUT2D eigenvalue weighted by Gasteiger charge is -2.35. The SMILES string of the molecule is CB(O)NC1CCN(C(C)C)CC1. The Hall–Kier alpha value is -0.0551. The first-order valence-corrected chi connectivity index (χ1v) is 5.27. The number of rotatable bonds is 3. The third-order valence-electron chi connectivity index (χ3n) is 2.74. The second-order valence-electron chi connectivity index (χ2n) is 4.25. The summed E-state index contributed by atoms with van der Waals surface area (Å²) in [6, 6.07) is 1.17. The molecule has 0 aromatic carbocycles. The second-order valence-corrected chi connectivity index (χ2v) is 4.25. The van der Waals surface area contributed by atoms with Crippen LogP contribution in [0.25, 0.3) is 0 Å². The summed E-state index contributed by atoms with van der Waals surface area (Å²) in [5, 5.41) is 12.3. The van der Waals surface area contributed by atoms with E-state index in [-0.39, 0.29) is 7.05 Å². The van der Waals surface area contributed by atoms with Gasteiger partial charge in [0.25, 0.3) is 0 Å². The van der Waals surface area contributed by atoms with Gasteiger partial charge in [0.1, 0.15) is 0 Å². The van der Waals surface area contributed by atoms with Gasteiger partial charge in [0, 0.05) is 12.1 Å². The van der Waals surface area contributed by atoms with Crippen LogP contribution in [0.15, 0.2) is 0 Å². The third-order valence-corrected chi connectivity index (χ3v) is 2.74. The minimum Gasteiger partial charge on any atom is -0.437 e. The fourth-order valence-corrected chi connectivity index (χ4v) is 1.92. The molecule has 1 rings (SSSR count). The van der Waals surface area contributed by atoms with Crippen LogP contribution in [0.4, 0.5) is 0 Å². The van der Waals surface area contributed by atoms with Crippen LogP contribution in [-0.2, 0) is 0 Å². The van der Waals surface area contributed by atoms with Crippen molar-refractivity contribution in [3.05, 3.63) is 0 Å². The minimum absolute atomic E-state index is 0.365. The highest BCUT2D eigenvalue weighted by atomic mass is 16.2. The number of hydrogen-bond donors (Lipinski definition) is 2. The molecule has 0 amide bonds. The van der Waals surface area contributed by atoms with Crippen LogP contribution in [0, 0.1) is 0 Å². The molecule has 1 aliphatic heterocycles. The Kier molecular flexibility index (Phi) is 4.23. The van der Waals surface area contributed by atoms with Crippen LogP contribution in [0.5, 0.6) is 0 Å². The summed E-state index contributed by atoms with van der Waals surface area (Å²) in [5.41, 5.74) is 0. The molecule has 0 unspecified atom stereocenters. The van der Waals surface area contributed by atoms with Crippen LogP contribution in [0.3, 0.4) is 0 Å². The summed E-state index contributed by atoms with van der Waals surface area (Å²) in [7, 11) is -0.365. The van der Waals surface area contributed by atoms with Crippen LogP contribution in [0.1, 0.15) is 26.7 Å². The van der Waals surface area contributed by atoms with Gasteiger partial charge in [0.05, 0.1) is 0 Å². The van der Waals surface area contributed by atoms with E-state index in [1.807, 2.05) is 0 Å². The average molecular weight is 184 g/mol. The Bertz CT molecular complexity index is 145. The Morgan fingerprint density at radius 3 is 2.31 bits per heavy atom. The molecule has 2 N–H and O–H groups in total. The number of likely N-dealkylation sites (tertiary alicyclic amines) is 1. The van der Waals surface area contributed by atoms with Gasteiger partial charge in [-0.25, -0.2) is 0 Å². The smallest absolute Gasteiger partial charge is 0.373 e. The van der Waals surface area contributed by atoms with E-state index >= 15 is 0 Å². The number of hydrogen-bond acceptors (Lipinski definition) is 3. The summed E-state index contributed by atoms with van der Waals surface area (Å²) in [5.74, 6) is 0. The Morgan fingerprint density at radius 2 is 1.92 bits per heavy atom. The van der Waals surface area contributed by atoms with Gasteiger partial charge in [-0.1, -0.05) is 0 Å². The average Bonchev–Trinajstić information content (AvgIpc) is 2.04. The van der Waals surface area contributed by atoms with Crippen LogP contribution in [-0.4, -0.2) is 42.1 Å². The van der Waals surface area contributed by atoms with E-state index in [0.29, 0.717) is 12.1 Å². The standard InChI is InChI=1S/C9H21BN2O/c1-8(2)12-6-4-9(5-7-12)11-10(3)13/h8-9,11,13H,4-7H2,1-3H3. The molecular weight excluding hydrogens is 163 g/mol. The summed E-state index contributed by atoms with van der Waals surface area (Å²) in [6.45, 7) is 8.57. The predicted octanol–water partition coefficient (Wildman–Crippen LogP) is 0.559. The fourth-order valence-electron chi connectivity index (χ4n) is 1.92. The molecule has 0 bridgehead atoms. The Balaban J connectivity index is 2.22. The monoisotopic (exact) mass is 184 g/mol. The molecule has 0 aromatic rings. The lowest BCUT2D eigenvalue weighted by Crippen LogP contribution is -2.48. The highest BCUT2D eigenvalue weighted by Crippen LogP contribution is 2.12.